The quantitative estimate of drug-likeness (QED) is 0.513. The van der Waals surface area contributed by atoms with E-state index in [1.165, 1.54) is 6.92 Å². The van der Waals surface area contributed by atoms with Crippen molar-refractivity contribution in [2.75, 3.05) is 5.75 Å². The number of carboxylic acids is 1. The fraction of sp³-hybridized carbons (Fsp3) is 0.667. The molecule has 0 heterocycles. The van der Waals surface area contributed by atoms with E-state index in [1.807, 2.05) is 0 Å². The van der Waals surface area contributed by atoms with Crippen molar-refractivity contribution in [1.29, 1.82) is 0 Å². The molecule has 0 spiro atoms. The molecule has 3 N–H and O–H groups in total. The molecule has 0 saturated heterocycles. The Balaban J connectivity index is 4.02. The number of amides is 1. The first-order chi connectivity index (χ1) is 5.93. The van der Waals surface area contributed by atoms with E-state index in [9.17, 15) is 13.8 Å². The van der Waals surface area contributed by atoms with Crippen LogP contribution in [0.4, 0.5) is 0 Å². The molecule has 0 fully saturated rings. The van der Waals surface area contributed by atoms with E-state index in [0.29, 0.717) is 0 Å². The lowest BCUT2D eigenvalue weighted by Gasteiger charge is -2.11. The van der Waals surface area contributed by atoms with Crippen LogP contribution in [-0.4, -0.2) is 37.5 Å². The van der Waals surface area contributed by atoms with Crippen molar-refractivity contribution in [2.24, 2.45) is 0 Å². The molecular formula is C6H11NO5S. The maximum Gasteiger partial charge on any atom is 0.326 e. The first kappa shape index (κ1) is 12.0. The molecule has 0 aromatic rings. The van der Waals surface area contributed by atoms with Crippen LogP contribution < -0.4 is 5.32 Å². The van der Waals surface area contributed by atoms with Crippen molar-refractivity contribution in [3.05, 3.63) is 0 Å². The van der Waals surface area contributed by atoms with Crippen molar-refractivity contribution >= 4 is 23.0 Å². The minimum Gasteiger partial charge on any atom is -0.480 e. The smallest absolute Gasteiger partial charge is 0.326 e. The molecule has 0 saturated carbocycles. The summed E-state index contributed by atoms with van der Waals surface area (Å²) in [5.41, 5.74) is 0. The first-order valence-corrected chi connectivity index (χ1v) is 4.78. The Hall–Kier alpha value is -0.950. The van der Waals surface area contributed by atoms with Gasteiger partial charge in [-0.3, -0.25) is 4.79 Å². The number of carbonyl (C=O) groups excluding carboxylic acids is 1. The minimum atomic E-state index is -2.03. The Morgan fingerprint density at radius 1 is 1.54 bits per heavy atom. The van der Waals surface area contributed by atoms with Crippen LogP contribution in [0.15, 0.2) is 0 Å². The van der Waals surface area contributed by atoms with Gasteiger partial charge in [-0.05, 0) is 6.42 Å². The summed E-state index contributed by atoms with van der Waals surface area (Å²) in [7, 11) is 0. The van der Waals surface area contributed by atoms with Gasteiger partial charge in [-0.15, -0.1) is 0 Å². The van der Waals surface area contributed by atoms with E-state index in [2.05, 4.69) is 5.32 Å². The molecule has 7 heteroatoms. The van der Waals surface area contributed by atoms with Crippen molar-refractivity contribution in [3.63, 3.8) is 0 Å². The van der Waals surface area contributed by atoms with Gasteiger partial charge in [0.2, 0.25) is 5.91 Å². The fourth-order valence-electron chi connectivity index (χ4n) is 0.721. The summed E-state index contributed by atoms with van der Waals surface area (Å²) in [6.45, 7) is 1.19. The van der Waals surface area contributed by atoms with Crippen LogP contribution in [0.1, 0.15) is 13.3 Å². The van der Waals surface area contributed by atoms with Gasteiger partial charge in [0.25, 0.3) is 0 Å². The van der Waals surface area contributed by atoms with E-state index >= 15 is 0 Å². The SMILES string of the molecule is CC(=O)NC(CCS(=O)O)C(=O)O. The average Bonchev–Trinajstić information content (AvgIpc) is 1.96. The van der Waals surface area contributed by atoms with Crippen LogP contribution in [0.5, 0.6) is 0 Å². The second-order valence-electron chi connectivity index (χ2n) is 2.41. The maximum atomic E-state index is 10.5. The third-order valence-corrected chi connectivity index (χ3v) is 1.84. The maximum absolute atomic E-state index is 10.5. The normalized spacial score (nSPS) is 14.6. The molecular weight excluding hydrogens is 198 g/mol. The number of aliphatic carboxylic acids is 1. The van der Waals surface area contributed by atoms with E-state index < -0.39 is 29.0 Å². The summed E-state index contributed by atoms with van der Waals surface area (Å²) in [4.78, 5) is 20.9. The molecule has 0 radical (unpaired) electrons. The summed E-state index contributed by atoms with van der Waals surface area (Å²) in [5, 5.41) is 10.7. The Morgan fingerprint density at radius 3 is 2.38 bits per heavy atom. The highest BCUT2D eigenvalue weighted by atomic mass is 32.2. The minimum absolute atomic E-state index is 0.0575. The van der Waals surface area contributed by atoms with Gasteiger partial charge in [-0.2, -0.15) is 0 Å². The lowest BCUT2D eigenvalue weighted by molar-refractivity contribution is -0.141. The van der Waals surface area contributed by atoms with Gasteiger partial charge in [0.05, 0.1) is 5.75 Å². The third-order valence-electron chi connectivity index (χ3n) is 1.26. The average molecular weight is 209 g/mol. The van der Waals surface area contributed by atoms with Crippen molar-refractivity contribution < 1.29 is 23.5 Å². The largest absolute Gasteiger partial charge is 0.480 e. The lowest BCUT2D eigenvalue weighted by atomic mass is 10.2. The van der Waals surface area contributed by atoms with Gasteiger partial charge in [0.15, 0.2) is 11.1 Å². The Kier molecular flexibility index (Phi) is 5.24. The second kappa shape index (κ2) is 5.65. The van der Waals surface area contributed by atoms with Crippen molar-refractivity contribution in [3.8, 4) is 0 Å². The van der Waals surface area contributed by atoms with E-state index in [1.54, 1.807) is 0 Å². The molecule has 0 rings (SSSR count). The van der Waals surface area contributed by atoms with E-state index in [4.69, 9.17) is 9.66 Å². The number of rotatable bonds is 5. The van der Waals surface area contributed by atoms with Crippen LogP contribution >= 0.6 is 0 Å². The number of hydrogen-bond acceptors (Lipinski definition) is 3. The lowest BCUT2D eigenvalue weighted by Crippen LogP contribution is -2.40. The summed E-state index contributed by atoms with van der Waals surface area (Å²) in [6, 6.07) is -1.09. The van der Waals surface area contributed by atoms with Crippen LogP contribution in [-0.2, 0) is 20.7 Å². The van der Waals surface area contributed by atoms with Crippen LogP contribution in [0.25, 0.3) is 0 Å². The highest BCUT2D eigenvalue weighted by Crippen LogP contribution is 1.94. The third kappa shape index (κ3) is 6.23. The number of carbonyl (C=O) groups is 2. The molecule has 0 aliphatic carbocycles. The molecule has 76 valence electrons. The van der Waals surface area contributed by atoms with E-state index in [-0.39, 0.29) is 12.2 Å². The molecule has 0 aliphatic heterocycles. The van der Waals surface area contributed by atoms with Gasteiger partial charge in [-0.25, -0.2) is 9.00 Å². The molecule has 0 aromatic heterocycles. The van der Waals surface area contributed by atoms with Gasteiger partial charge < -0.3 is 15.0 Å². The van der Waals surface area contributed by atoms with Crippen LogP contribution in [0, 0.1) is 0 Å². The second-order valence-corrected chi connectivity index (χ2v) is 3.46. The molecule has 0 aliphatic rings. The highest BCUT2D eigenvalue weighted by Gasteiger charge is 2.18. The predicted octanol–water partition coefficient (Wildman–Crippen LogP) is -0.812. The van der Waals surface area contributed by atoms with Gasteiger partial charge in [-0.1, -0.05) is 0 Å². The number of nitrogens with one attached hydrogen (secondary N) is 1. The summed E-state index contributed by atoms with van der Waals surface area (Å²) in [5.74, 6) is -1.85. The van der Waals surface area contributed by atoms with Gasteiger partial charge in [0, 0.05) is 6.92 Å². The Morgan fingerprint density at radius 2 is 2.08 bits per heavy atom. The topological polar surface area (TPSA) is 104 Å². The van der Waals surface area contributed by atoms with E-state index in [0.717, 1.165) is 0 Å². The highest BCUT2D eigenvalue weighted by molar-refractivity contribution is 7.79. The van der Waals surface area contributed by atoms with Gasteiger partial charge >= 0.3 is 5.97 Å². The zero-order valence-corrected chi connectivity index (χ0v) is 7.84. The Bertz CT molecular complexity index is 229. The number of carboxylic acid groups (broad SMARTS) is 1. The number of hydrogen-bond donors (Lipinski definition) is 3. The van der Waals surface area contributed by atoms with Crippen molar-refractivity contribution in [1.82, 2.24) is 5.32 Å². The van der Waals surface area contributed by atoms with Crippen LogP contribution in [0.3, 0.4) is 0 Å². The molecule has 6 nitrogen and oxygen atoms in total. The zero-order valence-electron chi connectivity index (χ0n) is 7.02. The summed E-state index contributed by atoms with van der Waals surface area (Å²) >= 11 is -2.03. The van der Waals surface area contributed by atoms with Gasteiger partial charge in [0.1, 0.15) is 6.04 Å². The van der Waals surface area contributed by atoms with Crippen LogP contribution in [0.2, 0.25) is 0 Å². The molecule has 2 unspecified atom stereocenters. The first-order valence-electron chi connectivity index (χ1n) is 3.51. The predicted molar refractivity (Wildman–Crippen MR) is 45.5 cm³/mol. The monoisotopic (exact) mass is 209 g/mol. The van der Waals surface area contributed by atoms with Crippen molar-refractivity contribution in [2.45, 2.75) is 19.4 Å². The molecule has 0 aromatic carbocycles. The molecule has 2 atom stereocenters. The molecule has 1 amide bonds. The molecule has 13 heavy (non-hydrogen) atoms. The fourth-order valence-corrected chi connectivity index (χ4v) is 1.16. The zero-order chi connectivity index (χ0) is 10.4. The standard InChI is InChI=1S/C6H11NO5S/c1-4(8)7-5(6(9)10)2-3-13(11)12/h5H,2-3H2,1H3,(H,7,8)(H,9,10)(H,11,12). The summed E-state index contributed by atoms with van der Waals surface area (Å²) in [6.07, 6.45) is -0.0575. The molecule has 0 bridgehead atoms. The summed E-state index contributed by atoms with van der Waals surface area (Å²) < 4.78 is 18.6. The Labute approximate surface area is 77.6 Å².